The number of rotatable bonds is 7. The molecule has 0 bridgehead atoms. The number of sulfonamides is 1. The molecule has 1 N–H and O–H groups in total. The molecule has 35 heavy (non-hydrogen) atoms. The van der Waals surface area contributed by atoms with Gasteiger partial charge < -0.3 is 14.8 Å². The standard InChI is InChI=1S/C26H27ClN2O5S/c1-17-4-9-21(10-5-17)35(31,32)29-16-25(34-24-14-18(2)6-11-23(24)29)26(30)28-12-13-33-20-8-7-19(3)22(27)15-20/h4-11,14-15,25H,12-13,16H2,1-3H3,(H,28,30). The average Bonchev–Trinajstić information content (AvgIpc) is 2.83. The molecule has 1 unspecified atom stereocenters. The van der Waals surface area contributed by atoms with Crippen LogP contribution in [0.15, 0.2) is 65.6 Å². The Bertz CT molecular complexity index is 1340. The Kier molecular flexibility index (Phi) is 7.23. The van der Waals surface area contributed by atoms with Crippen molar-refractivity contribution in [3.63, 3.8) is 0 Å². The molecule has 0 fully saturated rings. The second kappa shape index (κ2) is 10.2. The molecule has 1 aliphatic rings. The zero-order chi connectivity index (χ0) is 25.2. The van der Waals surface area contributed by atoms with Gasteiger partial charge in [-0.1, -0.05) is 41.4 Å². The van der Waals surface area contributed by atoms with Crippen LogP contribution in [0.4, 0.5) is 5.69 Å². The van der Waals surface area contributed by atoms with Gasteiger partial charge in [-0.25, -0.2) is 8.42 Å². The van der Waals surface area contributed by atoms with Gasteiger partial charge in [-0.2, -0.15) is 0 Å². The van der Waals surface area contributed by atoms with Gasteiger partial charge in [0.15, 0.2) is 6.10 Å². The number of nitrogens with zero attached hydrogens (tertiary/aromatic N) is 1. The largest absolute Gasteiger partial charge is 0.492 e. The van der Waals surface area contributed by atoms with Crippen LogP contribution in [0, 0.1) is 20.8 Å². The first-order chi connectivity index (χ1) is 16.6. The molecule has 184 valence electrons. The molecule has 0 saturated heterocycles. The van der Waals surface area contributed by atoms with Crippen LogP contribution < -0.4 is 19.1 Å². The van der Waals surface area contributed by atoms with E-state index < -0.39 is 22.0 Å². The van der Waals surface area contributed by atoms with Crippen LogP contribution in [-0.2, 0) is 14.8 Å². The van der Waals surface area contributed by atoms with Crippen LogP contribution in [0.3, 0.4) is 0 Å². The Balaban J connectivity index is 1.48. The Morgan fingerprint density at radius 2 is 1.77 bits per heavy atom. The molecule has 4 rings (SSSR count). The third-order valence-corrected chi connectivity index (χ3v) is 7.90. The van der Waals surface area contributed by atoms with Gasteiger partial charge in [0, 0.05) is 5.02 Å². The molecule has 0 aromatic heterocycles. The molecule has 1 aliphatic heterocycles. The summed E-state index contributed by atoms with van der Waals surface area (Å²) in [5.74, 6) is 0.521. The topological polar surface area (TPSA) is 84.9 Å². The summed E-state index contributed by atoms with van der Waals surface area (Å²) >= 11 is 6.11. The molecule has 0 aliphatic carbocycles. The summed E-state index contributed by atoms with van der Waals surface area (Å²) < 4.78 is 39.8. The lowest BCUT2D eigenvalue weighted by atomic mass is 10.1. The third-order valence-electron chi connectivity index (χ3n) is 5.70. The lowest BCUT2D eigenvalue weighted by Crippen LogP contribution is -2.51. The maximum absolute atomic E-state index is 13.5. The van der Waals surface area contributed by atoms with E-state index in [4.69, 9.17) is 21.1 Å². The molecule has 3 aromatic carbocycles. The average molecular weight is 515 g/mol. The number of fused-ring (bicyclic) bond motifs is 1. The first kappa shape index (κ1) is 24.9. The molecule has 1 amide bonds. The summed E-state index contributed by atoms with van der Waals surface area (Å²) in [7, 11) is -3.90. The summed E-state index contributed by atoms with van der Waals surface area (Å²) in [6, 6.07) is 17.3. The fraction of sp³-hybridized carbons (Fsp3) is 0.269. The van der Waals surface area contributed by atoms with E-state index in [0.29, 0.717) is 22.2 Å². The van der Waals surface area contributed by atoms with Gasteiger partial charge in [0.2, 0.25) is 0 Å². The smallest absolute Gasteiger partial charge is 0.264 e. The number of carbonyl (C=O) groups is 1. The fourth-order valence-electron chi connectivity index (χ4n) is 3.68. The number of aryl methyl sites for hydroxylation is 3. The predicted molar refractivity (Wildman–Crippen MR) is 136 cm³/mol. The van der Waals surface area contributed by atoms with Crippen LogP contribution in [0.25, 0.3) is 0 Å². The first-order valence-corrected chi connectivity index (χ1v) is 13.0. The van der Waals surface area contributed by atoms with Crippen molar-refractivity contribution >= 4 is 33.2 Å². The molecule has 3 aromatic rings. The van der Waals surface area contributed by atoms with E-state index in [1.54, 1.807) is 48.5 Å². The van der Waals surface area contributed by atoms with E-state index in [0.717, 1.165) is 16.7 Å². The van der Waals surface area contributed by atoms with Gasteiger partial charge >= 0.3 is 0 Å². The van der Waals surface area contributed by atoms with Crippen molar-refractivity contribution < 1.29 is 22.7 Å². The van der Waals surface area contributed by atoms with Gasteiger partial charge in [0.05, 0.1) is 23.7 Å². The zero-order valence-electron chi connectivity index (χ0n) is 19.7. The Morgan fingerprint density at radius 1 is 1.06 bits per heavy atom. The van der Waals surface area contributed by atoms with Crippen LogP contribution in [0.2, 0.25) is 5.02 Å². The summed E-state index contributed by atoms with van der Waals surface area (Å²) in [6.07, 6.45) is -1.02. The Hall–Kier alpha value is -3.23. The van der Waals surface area contributed by atoms with Crippen LogP contribution in [-0.4, -0.2) is 40.1 Å². The summed E-state index contributed by atoms with van der Waals surface area (Å²) in [4.78, 5) is 13.1. The zero-order valence-corrected chi connectivity index (χ0v) is 21.3. The number of halogens is 1. The number of amides is 1. The van der Waals surface area contributed by atoms with Crippen molar-refractivity contribution in [3.05, 3.63) is 82.4 Å². The highest BCUT2D eigenvalue weighted by Crippen LogP contribution is 2.37. The van der Waals surface area contributed by atoms with Crippen molar-refractivity contribution in [2.24, 2.45) is 0 Å². The maximum atomic E-state index is 13.5. The number of hydrogen-bond acceptors (Lipinski definition) is 5. The number of nitrogens with one attached hydrogen (secondary N) is 1. The molecular formula is C26H27ClN2O5S. The van der Waals surface area contributed by atoms with Gasteiger partial charge in [0.1, 0.15) is 18.1 Å². The number of anilines is 1. The van der Waals surface area contributed by atoms with E-state index in [1.165, 1.54) is 4.31 Å². The van der Waals surface area contributed by atoms with Crippen molar-refractivity contribution in [3.8, 4) is 11.5 Å². The highest BCUT2D eigenvalue weighted by molar-refractivity contribution is 7.92. The number of carbonyl (C=O) groups excluding carboxylic acids is 1. The quantitative estimate of drug-likeness (QED) is 0.472. The number of benzene rings is 3. The highest BCUT2D eigenvalue weighted by atomic mass is 35.5. The lowest BCUT2D eigenvalue weighted by Gasteiger charge is -2.35. The third kappa shape index (κ3) is 5.55. The van der Waals surface area contributed by atoms with Crippen molar-refractivity contribution in [1.82, 2.24) is 5.32 Å². The minimum Gasteiger partial charge on any atom is -0.492 e. The highest BCUT2D eigenvalue weighted by Gasteiger charge is 2.37. The molecule has 0 saturated carbocycles. The maximum Gasteiger partial charge on any atom is 0.264 e. The van der Waals surface area contributed by atoms with Crippen molar-refractivity contribution in [2.45, 2.75) is 31.8 Å². The van der Waals surface area contributed by atoms with E-state index in [1.807, 2.05) is 32.9 Å². The molecule has 7 nitrogen and oxygen atoms in total. The molecule has 0 radical (unpaired) electrons. The van der Waals surface area contributed by atoms with Crippen LogP contribution >= 0.6 is 11.6 Å². The first-order valence-electron chi connectivity index (χ1n) is 11.2. The minimum atomic E-state index is -3.90. The van der Waals surface area contributed by atoms with E-state index >= 15 is 0 Å². The Labute approximate surface area is 210 Å². The number of hydrogen-bond donors (Lipinski definition) is 1. The molecule has 1 heterocycles. The second-order valence-corrected chi connectivity index (χ2v) is 10.7. The molecule has 1 atom stereocenters. The second-order valence-electron chi connectivity index (χ2n) is 8.48. The summed E-state index contributed by atoms with van der Waals surface area (Å²) in [5, 5.41) is 3.37. The predicted octanol–water partition coefficient (Wildman–Crippen LogP) is 4.42. The van der Waals surface area contributed by atoms with Gasteiger partial charge in [-0.3, -0.25) is 9.10 Å². The molecule has 9 heteroatoms. The monoisotopic (exact) mass is 514 g/mol. The summed E-state index contributed by atoms with van der Waals surface area (Å²) in [5.41, 5.74) is 3.19. The van der Waals surface area contributed by atoms with E-state index in [9.17, 15) is 13.2 Å². The van der Waals surface area contributed by atoms with Crippen molar-refractivity contribution in [2.75, 3.05) is 24.0 Å². The Morgan fingerprint density at radius 3 is 2.49 bits per heavy atom. The number of ether oxygens (including phenoxy) is 2. The lowest BCUT2D eigenvalue weighted by molar-refractivity contribution is -0.127. The minimum absolute atomic E-state index is 0.146. The van der Waals surface area contributed by atoms with E-state index in [-0.39, 0.29) is 24.6 Å². The molecule has 0 spiro atoms. The van der Waals surface area contributed by atoms with Crippen LogP contribution in [0.5, 0.6) is 11.5 Å². The van der Waals surface area contributed by atoms with Gasteiger partial charge in [0.25, 0.3) is 15.9 Å². The summed E-state index contributed by atoms with van der Waals surface area (Å²) in [6.45, 7) is 5.96. The van der Waals surface area contributed by atoms with E-state index in [2.05, 4.69) is 5.32 Å². The fourth-order valence-corrected chi connectivity index (χ4v) is 5.33. The normalized spacial score (nSPS) is 15.2. The van der Waals surface area contributed by atoms with Gasteiger partial charge in [-0.15, -0.1) is 0 Å². The van der Waals surface area contributed by atoms with Crippen LogP contribution in [0.1, 0.15) is 16.7 Å². The van der Waals surface area contributed by atoms with Crippen molar-refractivity contribution in [1.29, 1.82) is 0 Å². The molecular weight excluding hydrogens is 488 g/mol. The van der Waals surface area contributed by atoms with Gasteiger partial charge in [-0.05, 0) is 68.3 Å². The SMILES string of the molecule is Cc1ccc(S(=O)(=O)N2CC(C(=O)NCCOc3ccc(C)c(Cl)c3)Oc3cc(C)ccc32)cc1.